The number of benzene rings is 1. The van der Waals surface area contributed by atoms with Crippen LogP contribution in [0.3, 0.4) is 0 Å². The van der Waals surface area contributed by atoms with Crippen LogP contribution in [0.15, 0.2) is 29.1 Å². The number of ether oxygens (including phenoxy) is 1. The van der Waals surface area contributed by atoms with Crippen LogP contribution in [0.4, 0.5) is 5.69 Å². The van der Waals surface area contributed by atoms with Crippen molar-refractivity contribution < 1.29 is 4.74 Å². The van der Waals surface area contributed by atoms with Crippen LogP contribution < -0.4 is 16.2 Å². The molecule has 3 N–H and O–H groups in total. The van der Waals surface area contributed by atoms with Gasteiger partial charge in [0.1, 0.15) is 0 Å². The Hall–Kier alpha value is -1.85. The maximum Gasteiger partial charge on any atom is 0.250 e. The number of fused-ring (bicyclic) bond motifs is 1. The zero-order valence-corrected chi connectivity index (χ0v) is 12.2. The second-order valence-corrected chi connectivity index (χ2v) is 5.53. The molecule has 112 valence electrons. The van der Waals surface area contributed by atoms with E-state index in [0.29, 0.717) is 12.6 Å². The van der Waals surface area contributed by atoms with Gasteiger partial charge in [0, 0.05) is 30.3 Å². The molecule has 0 bridgehead atoms. The van der Waals surface area contributed by atoms with Gasteiger partial charge < -0.3 is 20.4 Å². The number of piperidine rings is 1. The van der Waals surface area contributed by atoms with E-state index in [2.05, 4.69) is 21.7 Å². The van der Waals surface area contributed by atoms with Gasteiger partial charge in [0.25, 0.3) is 0 Å². The van der Waals surface area contributed by atoms with Gasteiger partial charge >= 0.3 is 0 Å². The van der Waals surface area contributed by atoms with Gasteiger partial charge in [0.2, 0.25) is 5.56 Å². The first kappa shape index (κ1) is 14.1. The van der Waals surface area contributed by atoms with Gasteiger partial charge in [0.05, 0.1) is 12.1 Å². The minimum absolute atomic E-state index is 0.0709. The first-order valence-electron chi connectivity index (χ1n) is 7.38. The lowest BCUT2D eigenvalue weighted by Crippen LogP contribution is -2.35. The van der Waals surface area contributed by atoms with Gasteiger partial charge in [-0.15, -0.1) is 0 Å². The molecular formula is C16H21N3O2. The van der Waals surface area contributed by atoms with E-state index >= 15 is 0 Å². The van der Waals surface area contributed by atoms with Gasteiger partial charge in [-0.25, -0.2) is 0 Å². The molecule has 5 nitrogen and oxygen atoms in total. The highest BCUT2D eigenvalue weighted by Crippen LogP contribution is 2.23. The number of anilines is 1. The molecule has 0 radical (unpaired) electrons. The molecule has 3 rings (SSSR count). The summed E-state index contributed by atoms with van der Waals surface area (Å²) in [6.45, 7) is 2.61. The molecular weight excluding hydrogens is 266 g/mol. The number of rotatable bonds is 4. The van der Waals surface area contributed by atoms with Gasteiger partial charge in [-0.3, -0.25) is 4.79 Å². The minimum Gasteiger partial charge on any atom is -0.382 e. The molecule has 2 heterocycles. The van der Waals surface area contributed by atoms with E-state index in [4.69, 9.17) is 4.74 Å². The molecule has 1 saturated heterocycles. The lowest BCUT2D eigenvalue weighted by atomic mass is 10.0. The third kappa shape index (κ3) is 3.25. The van der Waals surface area contributed by atoms with Crippen molar-refractivity contribution in [3.8, 4) is 0 Å². The van der Waals surface area contributed by atoms with Crippen LogP contribution in [-0.2, 0) is 11.3 Å². The normalized spacial score (nSPS) is 16.2. The van der Waals surface area contributed by atoms with Crippen LogP contribution in [0, 0.1) is 0 Å². The smallest absolute Gasteiger partial charge is 0.250 e. The van der Waals surface area contributed by atoms with Crippen molar-refractivity contribution in [1.29, 1.82) is 0 Å². The zero-order chi connectivity index (χ0) is 14.7. The summed E-state index contributed by atoms with van der Waals surface area (Å²) in [6.07, 6.45) is 2.15. The Morgan fingerprint density at radius 3 is 2.86 bits per heavy atom. The second-order valence-electron chi connectivity index (χ2n) is 5.53. The highest BCUT2D eigenvalue weighted by atomic mass is 16.5. The summed E-state index contributed by atoms with van der Waals surface area (Å²) in [6, 6.07) is 8.08. The Bertz CT molecular complexity index is 675. The van der Waals surface area contributed by atoms with Crippen LogP contribution in [-0.4, -0.2) is 31.2 Å². The Morgan fingerprint density at radius 2 is 2.10 bits per heavy atom. The van der Waals surface area contributed by atoms with Crippen molar-refractivity contribution in [2.45, 2.75) is 25.5 Å². The van der Waals surface area contributed by atoms with Crippen molar-refractivity contribution >= 4 is 16.6 Å². The third-order valence-corrected chi connectivity index (χ3v) is 3.92. The van der Waals surface area contributed by atoms with E-state index in [0.717, 1.165) is 48.1 Å². The van der Waals surface area contributed by atoms with Crippen molar-refractivity contribution in [1.82, 2.24) is 10.3 Å². The number of H-pyrrole nitrogens is 1. The van der Waals surface area contributed by atoms with Crippen molar-refractivity contribution in [3.63, 3.8) is 0 Å². The van der Waals surface area contributed by atoms with Crippen molar-refractivity contribution in [3.05, 3.63) is 40.2 Å². The van der Waals surface area contributed by atoms with Crippen LogP contribution >= 0.6 is 0 Å². The number of methoxy groups -OCH3 is 1. The van der Waals surface area contributed by atoms with Crippen molar-refractivity contribution in [2.24, 2.45) is 0 Å². The number of aromatic nitrogens is 1. The predicted molar refractivity (Wildman–Crippen MR) is 84.8 cm³/mol. The molecule has 1 aliphatic rings. The molecule has 1 aromatic heterocycles. The fourth-order valence-corrected chi connectivity index (χ4v) is 2.86. The second kappa shape index (κ2) is 6.28. The Kier molecular flexibility index (Phi) is 4.22. The Morgan fingerprint density at radius 1 is 1.29 bits per heavy atom. The third-order valence-electron chi connectivity index (χ3n) is 3.92. The molecule has 5 heteroatoms. The average Bonchev–Trinajstić information content (AvgIpc) is 2.49. The summed E-state index contributed by atoms with van der Waals surface area (Å²) >= 11 is 0. The van der Waals surface area contributed by atoms with E-state index in [9.17, 15) is 4.79 Å². The summed E-state index contributed by atoms with van der Waals surface area (Å²) in [5.74, 6) is 0. The van der Waals surface area contributed by atoms with E-state index in [1.165, 1.54) is 0 Å². The zero-order valence-electron chi connectivity index (χ0n) is 12.2. The molecule has 1 aromatic carbocycles. The van der Waals surface area contributed by atoms with E-state index in [1.54, 1.807) is 13.2 Å². The molecule has 21 heavy (non-hydrogen) atoms. The number of pyridine rings is 1. The van der Waals surface area contributed by atoms with Gasteiger partial charge in [0.15, 0.2) is 0 Å². The largest absolute Gasteiger partial charge is 0.382 e. The molecule has 0 atom stereocenters. The molecule has 0 aliphatic carbocycles. The molecule has 0 unspecified atom stereocenters. The number of hydrogen-bond donors (Lipinski definition) is 3. The first-order valence-corrected chi connectivity index (χ1v) is 7.38. The monoisotopic (exact) mass is 287 g/mol. The molecule has 1 aliphatic heterocycles. The summed E-state index contributed by atoms with van der Waals surface area (Å²) in [5.41, 5.74) is 2.81. The Balaban J connectivity index is 1.97. The summed E-state index contributed by atoms with van der Waals surface area (Å²) in [5, 5.41) is 7.93. The fraction of sp³-hybridized carbons (Fsp3) is 0.438. The van der Waals surface area contributed by atoms with E-state index < -0.39 is 0 Å². The fourth-order valence-electron chi connectivity index (χ4n) is 2.86. The molecule has 2 aromatic rings. The number of nitrogens with one attached hydrogen (secondary N) is 3. The van der Waals surface area contributed by atoms with Crippen LogP contribution in [0.5, 0.6) is 0 Å². The quantitative estimate of drug-likeness (QED) is 0.803. The predicted octanol–water partition coefficient (Wildman–Crippen LogP) is 1.84. The summed E-state index contributed by atoms with van der Waals surface area (Å²) in [4.78, 5) is 14.7. The van der Waals surface area contributed by atoms with Crippen molar-refractivity contribution in [2.75, 3.05) is 25.5 Å². The first-order chi connectivity index (χ1) is 10.3. The number of hydrogen-bond acceptors (Lipinski definition) is 4. The van der Waals surface area contributed by atoms with Crippen LogP contribution in [0.25, 0.3) is 10.9 Å². The highest BCUT2D eigenvalue weighted by Gasteiger charge is 2.14. The maximum atomic E-state index is 11.8. The molecule has 0 amide bonds. The Labute approximate surface area is 123 Å². The highest BCUT2D eigenvalue weighted by molar-refractivity contribution is 5.91. The van der Waals surface area contributed by atoms with Crippen LogP contribution in [0.1, 0.15) is 18.4 Å². The molecule has 0 spiro atoms. The molecule has 0 saturated carbocycles. The maximum absolute atomic E-state index is 11.8. The van der Waals surface area contributed by atoms with Gasteiger partial charge in [-0.05, 0) is 43.6 Å². The lowest BCUT2D eigenvalue weighted by Gasteiger charge is -2.25. The molecule has 1 fully saturated rings. The van der Waals surface area contributed by atoms with E-state index in [-0.39, 0.29) is 5.56 Å². The standard InChI is InChI=1S/C16H21N3O2/c1-21-10-11-2-3-14-13(8-11)15(9-16(20)19-14)18-12-4-6-17-7-5-12/h2-3,8-9,12,17H,4-7,10H2,1H3,(H2,18,19,20). The van der Waals surface area contributed by atoms with Gasteiger partial charge in [-0.2, -0.15) is 0 Å². The number of aromatic amines is 1. The topological polar surface area (TPSA) is 66.2 Å². The summed E-state index contributed by atoms with van der Waals surface area (Å²) in [7, 11) is 1.69. The van der Waals surface area contributed by atoms with Crippen LogP contribution in [0.2, 0.25) is 0 Å². The SMILES string of the molecule is COCc1ccc2[nH]c(=O)cc(NC3CCNCC3)c2c1. The van der Waals surface area contributed by atoms with E-state index in [1.807, 2.05) is 12.1 Å². The summed E-state index contributed by atoms with van der Waals surface area (Å²) < 4.78 is 5.19. The minimum atomic E-state index is -0.0709. The van der Waals surface area contributed by atoms with Gasteiger partial charge in [-0.1, -0.05) is 6.07 Å². The lowest BCUT2D eigenvalue weighted by molar-refractivity contribution is 0.185. The average molecular weight is 287 g/mol.